The number of amides is 3. The lowest BCUT2D eigenvalue weighted by Crippen LogP contribution is -2.56. The van der Waals surface area contributed by atoms with Crippen LogP contribution in [0.1, 0.15) is 25.3 Å². The molecule has 1 saturated heterocycles. The van der Waals surface area contributed by atoms with E-state index in [2.05, 4.69) is 10.6 Å². The summed E-state index contributed by atoms with van der Waals surface area (Å²) in [5, 5.41) is 26.0. The summed E-state index contributed by atoms with van der Waals surface area (Å²) in [5.74, 6) is -1.52. The summed E-state index contributed by atoms with van der Waals surface area (Å²) in [7, 11) is 0. The zero-order chi connectivity index (χ0) is 25.5. The molecule has 3 amide bonds. The van der Waals surface area contributed by atoms with Crippen molar-refractivity contribution in [3.63, 3.8) is 0 Å². The van der Waals surface area contributed by atoms with E-state index in [1.807, 2.05) is 30.3 Å². The number of hydrogen-bond donors (Lipinski definition) is 4. The summed E-state index contributed by atoms with van der Waals surface area (Å²) in [6.07, 6.45) is 0.130. The zero-order valence-corrected chi connectivity index (χ0v) is 19.3. The lowest BCUT2D eigenvalue weighted by atomic mass is 10.0. The maximum atomic E-state index is 13.2. The first-order chi connectivity index (χ1) is 16.7. The highest BCUT2D eigenvalue weighted by Crippen LogP contribution is 2.20. The molecular weight excluding hydrogens is 454 g/mol. The molecule has 1 aliphatic rings. The van der Waals surface area contributed by atoms with E-state index in [0.29, 0.717) is 25.1 Å². The van der Waals surface area contributed by atoms with Crippen molar-refractivity contribution < 1.29 is 24.4 Å². The van der Waals surface area contributed by atoms with Gasteiger partial charge in [0.05, 0.1) is 11.0 Å². The minimum Gasteiger partial charge on any atom is -0.391 e. The third kappa shape index (κ3) is 6.61. The van der Waals surface area contributed by atoms with Gasteiger partial charge in [-0.2, -0.15) is 0 Å². The molecule has 0 saturated carbocycles. The molecule has 5 N–H and O–H groups in total. The number of nitrogens with zero attached hydrogens (tertiary/aromatic N) is 2. The molecule has 186 valence electrons. The number of nitro groups is 1. The molecular formula is C24H29N5O6. The lowest BCUT2D eigenvalue weighted by molar-refractivity contribution is -0.384. The van der Waals surface area contributed by atoms with Crippen molar-refractivity contribution in [3.8, 4) is 0 Å². The fourth-order valence-electron chi connectivity index (χ4n) is 3.92. The van der Waals surface area contributed by atoms with E-state index in [4.69, 9.17) is 5.73 Å². The number of nitro benzene ring substituents is 1. The van der Waals surface area contributed by atoms with Crippen LogP contribution in [-0.2, 0) is 20.8 Å². The molecule has 3 rings (SSSR count). The lowest BCUT2D eigenvalue weighted by Gasteiger charge is -2.29. The Bertz CT molecular complexity index is 1060. The van der Waals surface area contributed by atoms with Crippen LogP contribution in [0.25, 0.3) is 0 Å². The Morgan fingerprint density at radius 3 is 2.43 bits per heavy atom. The van der Waals surface area contributed by atoms with Gasteiger partial charge in [0.2, 0.25) is 17.7 Å². The maximum Gasteiger partial charge on any atom is 0.269 e. The molecule has 35 heavy (non-hydrogen) atoms. The number of anilines is 1. The predicted octanol–water partition coefficient (Wildman–Crippen LogP) is 0.960. The van der Waals surface area contributed by atoms with Crippen molar-refractivity contribution in [3.05, 3.63) is 70.3 Å². The molecule has 0 spiro atoms. The van der Waals surface area contributed by atoms with Gasteiger partial charge in [-0.25, -0.2) is 0 Å². The first kappa shape index (κ1) is 25.8. The number of benzene rings is 2. The van der Waals surface area contributed by atoms with Crippen LogP contribution in [0.4, 0.5) is 11.4 Å². The van der Waals surface area contributed by atoms with Crippen LogP contribution in [0.5, 0.6) is 0 Å². The molecule has 1 heterocycles. The molecule has 0 bridgehead atoms. The van der Waals surface area contributed by atoms with Crippen LogP contribution < -0.4 is 16.4 Å². The van der Waals surface area contributed by atoms with Crippen LogP contribution in [0.15, 0.2) is 54.6 Å². The Morgan fingerprint density at radius 2 is 1.83 bits per heavy atom. The van der Waals surface area contributed by atoms with Crippen molar-refractivity contribution in [2.75, 3.05) is 11.9 Å². The number of nitrogens with one attached hydrogen (secondary N) is 2. The molecule has 0 aromatic heterocycles. The van der Waals surface area contributed by atoms with Gasteiger partial charge < -0.3 is 26.4 Å². The van der Waals surface area contributed by atoms with E-state index in [1.165, 1.54) is 36.1 Å². The molecule has 0 aliphatic carbocycles. The second-order valence-electron chi connectivity index (χ2n) is 8.50. The number of nitrogens with two attached hydrogens (primary N) is 1. The monoisotopic (exact) mass is 483 g/mol. The average molecular weight is 484 g/mol. The molecule has 0 unspecified atom stereocenters. The first-order valence-corrected chi connectivity index (χ1v) is 11.3. The van der Waals surface area contributed by atoms with Crippen LogP contribution in [-0.4, -0.2) is 63.4 Å². The summed E-state index contributed by atoms with van der Waals surface area (Å²) in [6.45, 7) is 1.74. The molecule has 2 aromatic rings. The van der Waals surface area contributed by atoms with Crippen molar-refractivity contribution in [2.24, 2.45) is 5.73 Å². The molecule has 0 radical (unpaired) electrons. The van der Waals surface area contributed by atoms with Crippen molar-refractivity contribution in [1.29, 1.82) is 0 Å². The normalized spacial score (nSPS) is 17.8. The molecule has 1 fully saturated rings. The molecule has 11 nitrogen and oxygen atoms in total. The van der Waals surface area contributed by atoms with Gasteiger partial charge in [0.1, 0.15) is 18.1 Å². The van der Waals surface area contributed by atoms with Gasteiger partial charge in [-0.3, -0.25) is 24.5 Å². The minimum absolute atomic E-state index is 0.112. The largest absolute Gasteiger partial charge is 0.391 e. The Hall–Kier alpha value is -3.83. The van der Waals surface area contributed by atoms with E-state index < -0.39 is 46.9 Å². The van der Waals surface area contributed by atoms with E-state index in [-0.39, 0.29) is 12.1 Å². The molecule has 2 aromatic carbocycles. The molecule has 4 atom stereocenters. The second-order valence-corrected chi connectivity index (χ2v) is 8.50. The summed E-state index contributed by atoms with van der Waals surface area (Å²) in [5.41, 5.74) is 6.83. The van der Waals surface area contributed by atoms with Crippen molar-refractivity contribution in [2.45, 2.75) is 50.4 Å². The Labute approximate surface area is 202 Å². The standard InChI is InChI=1S/C24H29N5O6/c1-15(30)21(25)24(33)28-13-5-8-20(28)23(32)27-19(14-16-6-3-2-4-7-16)22(31)26-17-9-11-18(12-10-17)29(34)35/h2-4,6-7,9-12,15,19-21,30H,5,8,13-14,25H2,1H3,(H,26,31)(H,27,32)/t15-,19+,20+,21+/m1/s1. The number of carbonyl (C=O) groups is 3. The number of aliphatic hydroxyl groups is 1. The number of aliphatic hydroxyl groups excluding tert-OH is 1. The topological polar surface area (TPSA) is 168 Å². The summed E-state index contributed by atoms with van der Waals surface area (Å²) >= 11 is 0. The number of hydrogen-bond acceptors (Lipinski definition) is 7. The summed E-state index contributed by atoms with van der Waals surface area (Å²) in [6, 6.07) is 11.6. The van der Waals surface area contributed by atoms with Crippen LogP contribution in [0.3, 0.4) is 0 Å². The quantitative estimate of drug-likeness (QED) is 0.304. The molecule has 11 heteroatoms. The predicted molar refractivity (Wildman–Crippen MR) is 128 cm³/mol. The minimum atomic E-state index is -1.14. The maximum absolute atomic E-state index is 13.2. The van der Waals surface area contributed by atoms with Gasteiger partial charge in [0.25, 0.3) is 5.69 Å². The van der Waals surface area contributed by atoms with E-state index in [0.717, 1.165) is 5.56 Å². The van der Waals surface area contributed by atoms with Crippen LogP contribution in [0, 0.1) is 10.1 Å². The number of carbonyl (C=O) groups excluding carboxylic acids is 3. The van der Waals surface area contributed by atoms with Crippen molar-refractivity contribution in [1.82, 2.24) is 10.2 Å². The second kappa shape index (κ2) is 11.5. The number of rotatable bonds is 9. The third-order valence-corrected chi connectivity index (χ3v) is 5.90. The highest BCUT2D eigenvalue weighted by Gasteiger charge is 2.38. The fraction of sp³-hybridized carbons (Fsp3) is 0.375. The Balaban J connectivity index is 1.76. The zero-order valence-electron chi connectivity index (χ0n) is 19.3. The third-order valence-electron chi connectivity index (χ3n) is 5.90. The van der Waals surface area contributed by atoms with Gasteiger partial charge >= 0.3 is 0 Å². The van der Waals surface area contributed by atoms with Gasteiger partial charge in [-0.1, -0.05) is 30.3 Å². The highest BCUT2D eigenvalue weighted by molar-refractivity contribution is 5.99. The number of likely N-dealkylation sites (tertiary alicyclic amines) is 1. The van der Waals surface area contributed by atoms with Crippen LogP contribution >= 0.6 is 0 Å². The summed E-state index contributed by atoms with van der Waals surface area (Å²) in [4.78, 5) is 50.6. The first-order valence-electron chi connectivity index (χ1n) is 11.3. The SMILES string of the molecule is C[C@@H](O)[C@H](N)C(=O)N1CCC[C@H]1C(=O)N[C@@H](Cc1ccccc1)C(=O)Nc1ccc([N+](=O)[O-])cc1. The highest BCUT2D eigenvalue weighted by atomic mass is 16.6. The fourth-order valence-corrected chi connectivity index (χ4v) is 3.92. The van der Waals surface area contributed by atoms with Gasteiger partial charge in [-0.05, 0) is 37.5 Å². The van der Waals surface area contributed by atoms with E-state index >= 15 is 0 Å². The van der Waals surface area contributed by atoms with Crippen LogP contribution in [0.2, 0.25) is 0 Å². The van der Waals surface area contributed by atoms with Gasteiger partial charge in [0, 0.05) is 30.8 Å². The molecule has 1 aliphatic heterocycles. The van der Waals surface area contributed by atoms with E-state index in [1.54, 1.807) is 0 Å². The van der Waals surface area contributed by atoms with E-state index in [9.17, 15) is 29.6 Å². The average Bonchev–Trinajstić information content (AvgIpc) is 3.33. The van der Waals surface area contributed by atoms with Crippen molar-refractivity contribution >= 4 is 29.1 Å². The Morgan fingerprint density at radius 1 is 1.17 bits per heavy atom. The van der Waals surface area contributed by atoms with Gasteiger partial charge in [-0.15, -0.1) is 0 Å². The summed E-state index contributed by atoms with van der Waals surface area (Å²) < 4.78 is 0. The smallest absolute Gasteiger partial charge is 0.269 e. The Kier molecular flexibility index (Phi) is 8.50. The number of non-ortho nitro benzene ring substituents is 1. The van der Waals surface area contributed by atoms with Gasteiger partial charge in [0.15, 0.2) is 0 Å².